The highest BCUT2D eigenvalue weighted by molar-refractivity contribution is 7.80. The van der Waals surface area contributed by atoms with Gasteiger partial charge in [-0.05, 0) is 12.1 Å². The van der Waals surface area contributed by atoms with Gasteiger partial charge in [0.1, 0.15) is 52.7 Å². The van der Waals surface area contributed by atoms with E-state index in [0.29, 0.717) is 0 Å². The molecule has 0 fully saturated rings. The van der Waals surface area contributed by atoms with Crippen molar-refractivity contribution in [1.82, 2.24) is 0 Å². The SMILES string of the molecule is Fc1c(F)c(F)c([B-](c2c(F)c(F)c(F)c(F)c2F)(c2c(F)c(F)c(F)c(F)c2F)c2c(F)c(F)c(F)c(F)c2F)c(F)c1F.Sc1ccc2ccccc2[n+]1Cc1ccccc1. The van der Waals surface area contributed by atoms with Gasteiger partial charge in [-0.25, -0.2) is 87.8 Å². The van der Waals surface area contributed by atoms with Crippen molar-refractivity contribution in [3.63, 3.8) is 0 Å². The van der Waals surface area contributed by atoms with E-state index in [2.05, 4.69) is 71.8 Å². The van der Waals surface area contributed by atoms with Crippen molar-refractivity contribution in [3.8, 4) is 0 Å². The fraction of sp³-hybridized carbons (Fsp3) is 0.0250. The van der Waals surface area contributed by atoms with Gasteiger partial charge in [0.2, 0.25) is 10.5 Å². The predicted octanol–water partition coefficient (Wildman–Crippen LogP) is 9.31. The van der Waals surface area contributed by atoms with Gasteiger partial charge >= 0.3 is 0 Å². The average Bonchev–Trinajstić information content (AvgIpc) is 3.27. The Balaban J connectivity index is 0.000000302. The molecule has 0 bridgehead atoms. The largest absolute Gasteiger partial charge is 0.237 e. The van der Waals surface area contributed by atoms with Gasteiger partial charge < -0.3 is 0 Å². The number of hydrogen-bond acceptors (Lipinski definition) is 1. The Hall–Kier alpha value is -6.26. The number of rotatable bonds is 6. The van der Waals surface area contributed by atoms with Gasteiger partial charge in [0, 0.05) is 23.1 Å². The minimum Gasteiger partial charge on any atom is -0.207 e. The van der Waals surface area contributed by atoms with E-state index in [1.807, 2.05) is 12.1 Å². The van der Waals surface area contributed by atoms with Crippen LogP contribution in [-0.2, 0) is 6.54 Å². The summed E-state index contributed by atoms with van der Waals surface area (Å²) < 4.78 is 296. The van der Waals surface area contributed by atoms with Crippen molar-refractivity contribution in [2.45, 2.75) is 11.6 Å². The molecule has 63 heavy (non-hydrogen) atoms. The first-order chi connectivity index (χ1) is 29.5. The maximum atomic E-state index is 15.4. The Labute approximate surface area is 343 Å². The molecule has 0 saturated heterocycles. The third-order valence-corrected chi connectivity index (χ3v) is 10.2. The zero-order chi connectivity index (χ0) is 46.7. The zero-order valence-electron chi connectivity index (χ0n) is 30.1. The second kappa shape index (κ2) is 17.1. The number of benzene rings is 6. The van der Waals surface area contributed by atoms with Gasteiger partial charge in [-0.1, -0.05) is 55.1 Å². The highest BCUT2D eigenvalue weighted by atomic mass is 32.1. The van der Waals surface area contributed by atoms with Gasteiger partial charge in [0.05, 0.1) is 0 Å². The molecule has 1 heterocycles. The van der Waals surface area contributed by atoms with Crippen LogP contribution >= 0.6 is 12.6 Å². The molecular weight excluding hydrogens is 917 g/mol. The van der Waals surface area contributed by atoms with E-state index >= 15 is 35.1 Å². The Kier molecular flexibility index (Phi) is 12.6. The Morgan fingerprint density at radius 1 is 0.317 bits per heavy atom. The summed E-state index contributed by atoms with van der Waals surface area (Å²) in [7, 11) is 0. The second-order valence-electron chi connectivity index (χ2n) is 13.1. The van der Waals surface area contributed by atoms with Gasteiger partial charge in [-0.2, -0.15) is 4.57 Å². The molecule has 0 N–H and O–H groups in total. The lowest BCUT2D eigenvalue weighted by molar-refractivity contribution is -0.699. The highest BCUT2D eigenvalue weighted by Crippen LogP contribution is 2.31. The van der Waals surface area contributed by atoms with E-state index in [0.717, 1.165) is 11.6 Å². The van der Waals surface area contributed by atoms with Crippen LogP contribution in [0.3, 0.4) is 0 Å². The van der Waals surface area contributed by atoms with Crippen LogP contribution in [0.5, 0.6) is 0 Å². The lowest BCUT2D eigenvalue weighted by Crippen LogP contribution is -2.81. The van der Waals surface area contributed by atoms with Crippen LogP contribution in [-0.4, -0.2) is 6.15 Å². The zero-order valence-corrected chi connectivity index (χ0v) is 31.0. The predicted molar refractivity (Wildman–Crippen MR) is 186 cm³/mol. The quantitative estimate of drug-likeness (QED) is 0.0424. The van der Waals surface area contributed by atoms with E-state index < -0.39 is 144 Å². The maximum Gasteiger partial charge on any atom is 0.237 e. The summed E-state index contributed by atoms with van der Waals surface area (Å²) in [5, 5.41) is 2.23. The summed E-state index contributed by atoms with van der Waals surface area (Å²) in [4.78, 5) is 0. The number of halogens is 20. The Bertz CT molecular complexity index is 2620. The van der Waals surface area contributed by atoms with Crippen molar-refractivity contribution in [2.24, 2.45) is 0 Å². The molecule has 1 nitrogen and oxygen atoms in total. The molecule has 328 valence electrons. The van der Waals surface area contributed by atoms with E-state index in [4.69, 9.17) is 0 Å². The van der Waals surface area contributed by atoms with Gasteiger partial charge in [-0.15, -0.1) is 21.9 Å². The van der Waals surface area contributed by atoms with E-state index in [1.165, 1.54) is 16.5 Å². The first-order valence-electron chi connectivity index (χ1n) is 16.9. The molecule has 0 atom stereocenters. The smallest absolute Gasteiger partial charge is 0.207 e. The topological polar surface area (TPSA) is 3.88 Å². The summed E-state index contributed by atoms with van der Waals surface area (Å²) in [6.45, 7) is 0.848. The summed E-state index contributed by atoms with van der Waals surface area (Å²) in [5.74, 6) is -71.4. The highest BCUT2D eigenvalue weighted by Gasteiger charge is 2.52. The number of thiol groups is 1. The van der Waals surface area contributed by atoms with Crippen LogP contribution in [0.2, 0.25) is 0 Å². The van der Waals surface area contributed by atoms with Crippen molar-refractivity contribution in [1.29, 1.82) is 0 Å². The van der Waals surface area contributed by atoms with Crippen LogP contribution in [0.4, 0.5) is 87.8 Å². The first kappa shape index (κ1) is 46.3. The average molecular weight is 931 g/mol. The summed E-state index contributed by atoms with van der Waals surface area (Å²) >= 11 is 4.57. The molecule has 0 amide bonds. The fourth-order valence-corrected chi connectivity index (χ4v) is 7.31. The number of pyridine rings is 1. The van der Waals surface area contributed by atoms with E-state index in [9.17, 15) is 52.7 Å². The van der Waals surface area contributed by atoms with Crippen LogP contribution in [0, 0.1) is 116 Å². The molecule has 7 aromatic rings. The number of hydrogen-bond donors (Lipinski definition) is 1. The standard InChI is InChI=1S/C24BF20.C16H13NS/c26-5-1(6(27)14(35)21(42)13(5)34)25(2-7(28)15(36)22(43)16(37)8(2)29,3-9(30)17(38)23(44)18(39)10(3)31)4-11(32)19(40)24(45)20(41)12(4)33;18-16-11-10-14-8-4-5-9-15(14)17(16)12-13-6-2-1-3-7-13/h;1-11H,12H2/q-1;/p+1. The van der Waals surface area contributed by atoms with Crippen LogP contribution < -0.4 is 26.4 Å². The molecule has 0 aliphatic carbocycles. The molecule has 0 radical (unpaired) electrons. The molecule has 23 heteroatoms. The Morgan fingerprint density at radius 3 is 0.905 bits per heavy atom. The lowest BCUT2D eigenvalue weighted by Gasteiger charge is -2.44. The molecule has 7 rings (SSSR count). The van der Waals surface area contributed by atoms with Gasteiger partial charge in [0.25, 0.3) is 0 Å². The summed E-state index contributed by atoms with van der Waals surface area (Å²) in [6, 6.07) is 23.0. The molecule has 1 aromatic heterocycles. The monoisotopic (exact) mass is 931 g/mol. The lowest BCUT2D eigenvalue weighted by atomic mass is 9.12. The number of aromatic nitrogens is 1. The van der Waals surface area contributed by atoms with Crippen molar-refractivity contribution in [3.05, 3.63) is 189 Å². The number of para-hydroxylation sites is 1. The molecule has 0 spiro atoms. The van der Waals surface area contributed by atoms with Crippen LogP contribution in [0.1, 0.15) is 5.56 Å². The van der Waals surface area contributed by atoms with Crippen LogP contribution in [0.25, 0.3) is 10.9 Å². The minimum atomic E-state index is -7.22. The van der Waals surface area contributed by atoms with E-state index in [1.54, 1.807) is 0 Å². The maximum absolute atomic E-state index is 15.4. The third kappa shape index (κ3) is 7.18. The van der Waals surface area contributed by atoms with Gasteiger partial charge in [0.15, 0.2) is 76.4 Å². The second-order valence-corrected chi connectivity index (χ2v) is 13.6. The molecule has 0 saturated carbocycles. The summed E-state index contributed by atoms with van der Waals surface area (Å²) in [5.41, 5.74) is -11.8. The normalized spacial score (nSPS) is 11.6. The van der Waals surface area contributed by atoms with Crippen molar-refractivity contribution in [2.75, 3.05) is 0 Å². The molecule has 6 aromatic carbocycles. The van der Waals surface area contributed by atoms with Gasteiger partial charge in [-0.3, -0.25) is 0 Å². The fourth-order valence-electron chi connectivity index (χ4n) is 7.06. The number of fused-ring (bicyclic) bond motifs is 1. The Morgan fingerprint density at radius 2 is 0.587 bits per heavy atom. The molecule has 0 aliphatic rings. The molecular formula is C40H14BF20NS. The third-order valence-electron chi connectivity index (χ3n) is 9.81. The van der Waals surface area contributed by atoms with Crippen molar-refractivity contribution >= 4 is 51.5 Å². The minimum absolute atomic E-state index is 0.848. The number of nitrogens with zero attached hydrogens (tertiary/aromatic N) is 1. The first-order valence-corrected chi connectivity index (χ1v) is 17.4. The van der Waals surface area contributed by atoms with Crippen LogP contribution in [0.15, 0.2) is 71.8 Å². The van der Waals surface area contributed by atoms with Crippen molar-refractivity contribution < 1.29 is 92.4 Å². The summed E-state index contributed by atoms with van der Waals surface area (Å²) in [6.07, 6.45) is -7.22. The van der Waals surface area contributed by atoms with E-state index in [-0.39, 0.29) is 0 Å². The molecule has 0 unspecified atom stereocenters. The molecule has 0 aliphatic heterocycles.